The van der Waals surface area contributed by atoms with Crippen molar-refractivity contribution in [1.82, 2.24) is 4.98 Å². The summed E-state index contributed by atoms with van der Waals surface area (Å²) in [5.41, 5.74) is 1.32. The largest absolute Gasteiger partial charge is 0.508 e. The molecule has 1 aliphatic rings. The van der Waals surface area contributed by atoms with E-state index in [1.807, 2.05) is 12.1 Å². The molecule has 0 unspecified atom stereocenters. The van der Waals surface area contributed by atoms with E-state index in [9.17, 15) is 9.90 Å². The summed E-state index contributed by atoms with van der Waals surface area (Å²) >= 11 is 0. The molecule has 1 aromatic carbocycles. The number of aromatic hydroxyl groups is 1. The highest BCUT2D eigenvalue weighted by Gasteiger charge is 2.27. The standard InChI is InChI=1S/C14H11NO3/c16-10-3-4-13-11(6-10)12(17)7-14(18-13)9-2-1-5-15-8-9/h1-6,8,14,16H,7H2/t14-/m0/s1. The first-order valence-electron chi connectivity index (χ1n) is 5.67. The lowest BCUT2D eigenvalue weighted by molar-refractivity contribution is 0.0849. The number of phenols is 1. The smallest absolute Gasteiger partial charge is 0.170 e. The highest BCUT2D eigenvalue weighted by atomic mass is 16.5. The Kier molecular flexibility index (Phi) is 2.48. The van der Waals surface area contributed by atoms with Crippen molar-refractivity contribution in [3.05, 3.63) is 53.9 Å². The van der Waals surface area contributed by atoms with Gasteiger partial charge in [0.2, 0.25) is 0 Å². The topological polar surface area (TPSA) is 59.4 Å². The number of carbonyl (C=O) groups excluding carboxylic acids is 1. The fourth-order valence-electron chi connectivity index (χ4n) is 2.06. The zero-order valence-electron chi connectivity index (χ0n) is 9.54. The molecule has 1 atom stereocenters. The molecule has 4 heteroatoms. The van der Waals surface area contributed by atoms with Gasteiger partial charge in [-0.15, -0.1) is 0 Å². The van der Waals surface area contributed by atoms with Crippen molar-refractivity contribution in [2.24, 2.45) is 0 Å². The molecule has 0 spiro atoms. The number of ether oxygens (including phenoxy) is 1. The maximum Gasteiger partial charge on any atom is 0.170 e. The second-order valence-electron chi connectivity index (χ2n) is 4.20. The fraction of sp³-hybridized carbons (Fsp3) is 0.143. The van der Waals surface area contributed by atoms with Crippen molar-refractivity contribution in [3.63, 3.8) is 0 Å². The molecule has 0 saturated heterocycles. The number of ketones is 1. The van der Waals surface area contributed by atoms with Gasteiger partial charge < -0.3 is 9.84 Å². The molecule has 18 heavy (non-hydrogen) atoms. The Labute approximate surface area is 104 Å². The van der Waals surface area contributed by atoms with E-state index < -0.39 is 0 Å². The molecule has 0 saturated carbocycles. The number of benzene rings is 1. The van der Waals surface area contributed by atoms with Crippen LogP contribution in [0.15, 0.2) is 42.7 Å². The molecule has 2 heterocycles. The molecule has 1 aromatic heterocycles. The second-order valence-corrected chi connectivity index (χ2v) is 4.20. The van der Waals surface area contributed by atoms with Gasteiger partial charge in [-0.3, -0.25) is 9.78 Å². The summed E-state index contributed by atoms with van der Waals surface area (Å²) in [6.45, 7) is 0. The van der Waals surface area contributed by atoms with Crippen LogP contribution in [0.2, 0.25) is 0 Å². The summed E-state index contributed by atoms with van der Waals surface area (Å²) in [7, 11) is 0. The van der Waals surface area contributed by atoms with E-state index in [0.29, 0.717) is 11.3 Å². The molecule has 90 valence electrons. The van der Waals surface area contributed by atoms with Gasteiger partial charge in [-0.2, -0.15) is 0 Å². The van der Waals surface area contributed by atoms with E-state index in [-0.39, 0.29) is 24.1 Å². The van der Waals surface area contributed by atoms with Gasteiger partial charge in [-0.25, -0.2) is 0 Å². The first-order valence-corrected chi connectivity index (χ1v) is 5.67. The maximum atomic E-state index is 12.0. The minimum atomic E-state index is -0.303. The lowest BCUT2D eigenvalue weighted by Crippen LogP contribution is -2.20. The van der Waals surface area contributed by atoms with Crippen LogP contribution in [0.25, 0.3) is 0 Å². The predicted molar refractivity (Wildman–Crippen MR) is 64.7 cm³/mol. The van der Waals surface area contributed by atoms with Crippen LogP contribution in [0.3, 0.4) is 0 Å². The van der Waals surface area contributed by atoms with Gasteiger partial charge >= 0.3 is 0 Å². The number of Topliss-reactive ketones (excluding diaryl/α,β-unsaturated/α-hetero) is 1. The van der Waals surface area contributed by atoms with Gasteiger partial charge in [-0.05, 0) is 24.3 Å². The van der Waals surface area contributed by atoms with Gasteiger partial charge in [0.05, 0.1) is 12.0 Å². The lowest BCUT2D eigenvalue weighted by atomic mass is 9.97. The minimum absolute atomic E-state index is 0.0268. The van der Waals surface area contributed by atoms with Crippen molar-refractivity contribution >= 4 is 5.78 Å². The van der Waals surface area contributed by atoms with Gasteiger partial charge in [0, 0.05) is 18.0 Å². The Bertz CT molecular complexity index is 595. The normalized spacial score (nSPS) is 18.0. The van der Waals surface area contributed by atoms with Crippen LogP contribution in [0.5, 0.6) is 11.5 Å². The quantitative estimate of drug-likeness (QED) is 0.833. The van der Waals surface area contributed by atoms with E-state index >= 15 is 0 Å². The second kappa shape index (κ2) is 4.14. The van der Waals surface area contributed by atoms with Gasteiger partial charge in [0.25, 0.3) is 0 Å². The zero-order chi connectivity index (χ0) is 12.5. The summed E-state index contributed by atoms with van der Waals surface area (Å²) in [6, 6.07) is 8.27. The number of nitrogens with zero attached hydrogens (tertiary/aromatic N) is 1. The summed E-state index contributed by atoms with van der Waals surface area (Å²) in [5, 5.41) is 9.37. The van der Waals surface area contributed by atoms with Crippen LogP contribution >= 0.6 is 0 Å². The predicted octanol–water partition coefficient (Wildman–Crippen LogP) is 2.49. The number of aromatic nitrogens is 1. The average Bonchev–Trinajstić information content (AvgIpc) is 2.40. The lowest BCUT2D eigenvalue weighted by Gasteiger charge is -2.25. The van der Waals surface area contributed by atoms with Gasteiger partial charge in [-0.1, -0.05) is 6.07 Å². The van der Waals surface area contributed by atoms with Crippen molar-refractivity contribution < 1.29 is 14.6 Å². The van der Waals surface area contributed by atoms with Crippen LogP contribution in [-0.2, 0) is 0 Å². The van der Waals surface area contributed by atoms with Crippen molar-refractivity contribution in [2.45, 2.75) is 12.5 Å². The number of phenolic OH excluding ortho intramolecular Hbond substituents is 1. The van der Waals surface area contributed by atoms with Gasteiger partial charge in [0.1, 0.15) is 17.6 Å². The number of hydrogen-bond donors (Lipinski definition) is 1. The Hall–Kier alpha value is -2.36. The number of pyridine rings is 1. The van der Waals surface area contributed by atoms with E-state index in [1.165, 1.54) is 12.1 Å². The number of hydrogen-bond acceptors (Lipinski definition) is 4. The summed E-state index contributed by atoms with van der Waals surface area (Å²) < 4.78 is 5.77. The molecular weight excluding hydrogens is 230 g/mol. The molecule has 0 bridgehead atoms. The minimum Gasteiger partial charge on any atom is -0.508 e. The summed E-state index contributed by atoms with van der Waals surface area (Å²) in [4.78, 5) is 16.0. The Morgan fingerprint density at radius 3 is 3.00 bits per heavy atom. The first-order chi connectivity index (χ1) is 8.74. The van der Waals surface area contributed by atoms with Crippen LogP contribution in [0.4, 0.5) is 0 Å². The molecule has 3 rings (SSSR count). The average molecular weight is 241 g/mol. The van der Waals surface area contributed by atoms with E-state index in [4.69, 9.17) is 4.74 Å². The summed E-state index contributed by atoms with van der Waals surface area (Å²) in [5.74, 6) is 0.560. The third-order valence-corrected chi connectivity index (χ3v) is 2.96. The number of rotatable bonds is 1. The van der Waals surface area contributed by atoms with Crippen LogP contribution in [-0.4, -0.2) is 15.9 Å². The zero-order valence-corrected chi connectivity index (χ0v) is 9.54. The first kappa shape index (κ1) is 10.8. The van der Waals surface area contributed by atoms with Crippen molar-refractivity contribution in [3.8, 4) is 11.5 Å². The molecule has 4 nitrogen and oxygen atoms in total. The fourth-order valence-corrected chi connectivity index (χ4v) is 2.06. The van der Waals surface area contributed by atoms with E-state index in [2.05, 4.69) is 4.98 Å². The molecule has 0 radical (unpaired) electrons. The maximum absolute atomic E-state index is 12.0. The number of fused-ring (bicyclic) bond motifs is 1. The molecule has 1 N–H and O–H groups in total. The number of carbonyl (C=O) groups is 1. The van der Waals surface area contributed by atoms with Crippen LogP contribution < -0.4 is 4.74 Å². The molecular formula is C14H11NO3. The third kappa shape index (κ3) is 1.82. The van der Waals surface area contributed by atoms with E-state index in [1.54, 1.807) is 18.5 Å². The van der Waals surface area contributed by atoms with Gasteiger partial charge in [0.15, 0.2) is 5.78 Å². The third-order valence-electron chi connectivity index (χ3n) is 2.96. The Balaban J connectivity index is 1.97. The van der Waals surface area contributed by atoms with Crippen molar-refractivity contribution in [2.75, 3.05) is 0 Å². The molecule has 0 aliphatic carbocycles. The summed E-state index contributed by atoms with van der Waals surface area (Å²) in [6.07, 6.45) is 3.34. The molecule has 0 fully saturated rings. The van der Waals surface area contributed by atoms with Crippen molar-refractivity contribution in [1.29, 1.82) is 0 Å². The molecule has 2 aromatic rings. The SMILES string of the molecule is O=C1C[C@@H](c2cccnc2)Oc2ccc(O)cc21. The van der Waals surface area contributed by atoms with Crippen LogP contribution in [0.1, 0.15) is 28.4 Å². The van der Waals surface area contributed by atoms with E-state index in [0.717, 1.165) is 5.56 Å². The molecule has 1 aliphatic heterocycles. The van der Waals surface area contributed by atoms with Crippen LogP contribution in [0, 0.1) is 0 Å². The monoisotopic (exact) mass is 241 g/mol. The highest BCUT2D eigenvalue weighted by Crippen LogP contribution is 2.36. The Morgan fingerprint density at radius 2 is 2.22 bits per heavy atom. The molecule has 0 amide bonds. The highest BCUT2D eigenvalue weighted by molar-refractivity contribution is 6.00. The Morgan fingerprint density at radius 1 is 1.33 bits per heavy atom.